The van der Waals surface area contributed by atoms with Crippen molar-refractivity contribution in [2.75, 3.05) is 0 Å². The van der Waals surface area contributed by atoms with Crippen molar-refractivity contribution in [3.05, 3.63) is 0 Å². The monoisotopic (exact) mass is 182 g/mol. The van der Waals surface area contributed by atoms with E-state index in [2.05, 4.69) is 0 Å². The van der Waals surface area contributed by atoms with E-state index in [-0.39, 0.29) is 81.2 Å². The second kappa shape index (κ2) is 6.75. The Morgan fingerprint density at radius 3 is 1.14 bits per heavy atom. The minimum absolute atomic E-state index is 0. The van der Waals surface area contributed by atoms with Crippen molar-refractivity contribution in [3.8, 4) is 0 Å². The van der Waals surface area contributed by atoms with Crippen molar-refractivity contribution in [1.82, 2.24) is 0 Å². The molecule has 0 unspecified atom stereocenters. The molecule has 0 amide bonds. The molecular weight excluding hydrogens is 175 g/mol. The average Bonchev–Trinajstić information content (AvgIpc) is 0.722. The van der Waals surface area contributed by atoms with Gasteiger partial charge < -0.3 is 20.4 Å². The second-order valence-electron chi connectivity index (χ2n) is 0.513. The standard InChI is InChI=1S/2Ca.H3O4P.4H/c;;1-5(2,3)4;;;;/h;;(H3,1,2,3,4);;;;/q2*+2;;4*-1. The van der Waals surface area contributed by atoms with E-state index in [1.807, 2.05) is 0 Å². The molecule has 7 heteroatoms. The van der Waals surface area contributed by atoms with Crippen LogP contribution in [0.4, 0.5) is 0 Å². The van der Waals surface area contributed by atoms with Crippen molar-refractivity contribution in [3.63, 3.8) is 0 Å². The first kappa shape index (κ1) is 16.3. The maximum Gasteiger partial charge on any atom is 2.00 e. The third-order valence-electron chi connectivity index (χ3n) is 0. The fourth-order valence-electron chi connectivity index (χ4n) is 0. The quantitative estimate of drug-likeness (QED) is 0.323. The molecule has 3 N–H and O–H groups in total. The summed E-state index contributed by atoms with van der Waals surface area (Å²) in [6, 6.07) is 0. The van der Waals surface area contributed by atoms with Crippen LogP contribution in [0.3, 0.4) is 0 Å². The van der Waals surface area contributed by atoms with Crippen LogP contribution in [0.25, 0.3) is 0 Å². The Hall–Kier alpha value is 2.63. The summed E-state index contributed by atoms with van der Waals surface area (Å²) in [7, 11) is -4.64. The van der Waals surface area contributed by atoms with E-state index in [0.717, 1.165) is 0 Å². The van der Waals surface area contributed by atoms with Crippen LogP contribution in [-0.2, 0) is 4.57 Å². The molecule has 40 valence electrons. The molecule has 0 atom stereocenters. The predicted molar refractivity (Wildman–Crippen MR) is 30.2 cm³/mol. The molecule has 0 saturated carbocycles. The Morgan fingerprint density at radius 2 is 1.14 bits per heavy atom. The molecule has 0 radical (unpaired) electrons. The van der Waals surface area contributed by atoms with Crippen LogP contribution in [0.5, 0.6) is 0 Å². The fraction of sp³-hybridized carbons (Fsp3) is 0. The van der Waals surface area contributed by atoms with Gasteiger partial charge in [-0.2, -0.15) is 0 Å². The first-order valence-corrected chi connectivity index (χ1v) is 2.35. The number of hydrogen-bond donors (Lipinski definition) is 3. The molecule has 0 aromatic rings. The van der Waals surface area contributed by atoms with Gasteiger partial charge >= 0.3 is 83.3 Å². The largest absolute Gasteiger partial charge is 2.00 e. The van der Waals surface area contributed by atoms with Gasteiger partial charge in [0.2, 0.25) is 0 Å². The van der Waals surface area contributed by atoms with Crippen molar-refractivity contribution >= 4 is 83.3 Å². The van der Waals surface area contributed by atoms with E-state index < -0.39 is 7.82 Å². The van der Waals surface area contributed by atoms with Gasteiger partial charge in [-0.25, -0.2) is 4.57 Å². The summed E-state index contributed by atoms with van der Waals surface area (Å²) in [6.07, 6.45) is 0. The SMILES string of the molecule is O=P(O)(O)O.[Ca+2].[Ca+2].[H-].[H-].[H-].[H-]. The van der Waals surface area contributed by atoms with Crippen LogP contribution >= 0.6 is 7.82 Å². The maximum absolute atomic E-state index is 8.88. The molecule has 0 aliphatic rings. The van der Waals surface area contributed by atoms with E-state index in [4.69, 9.17) is 19.2 Å². The van der Waals surface area contributed by atoms with Gasteiger partial charge in [0, 0.05) is 0 Å². The molecule has 0 fully saturated rings. The smallest absolute Gasteiger partial charge is 1.00 e. The van der Waals surface area contributed by atoms with Crippen LogP contribution < -0.4 is 0 Å². The van der Waals surface area contributed by atoms with Crippen molar-refractivity contribution in [1.29, 1.82) is 0 Å². The number of rotatable bonds is 0. The second-order valence-corrected chi connectivity index (χ2v) is 1.54. The molecule has 0 rings (SSSR count). The molecule has 4 nitrogen and oxygen atoms in total. The summed E-state index contributed by atoms with van der Waals surface area (Å²) >= 11 is 0. The summed E-state index contributed by atoms with van der Waals surface area (Å²) in [5, 5.41) is 0. The molecule has 0 aliphatic heterocycles. The molecule has 0 aromatic carbocycles. The van der Waals surface area contributed by atoms with Gasteiger partial charge in [-0.15, -0.1) is 0 Å². The van der Waals surface area contributed by atoms with Crippen LogP contribution in [0, 0.1) is 0 Å². The van der Waals surface area contributed by atoms with E-state index in [0.29, 0.717) is 0 Å². The molecule has 0 heterocycles. The first-order valence-electron chi connectivity index (χ1n) is 0.783. The van der Waals surface area contributed by atoms with Crippen molar-refractivity contribution < 1.29 is 25.0 Å². The Bertz CT molecular complexity index is 66.2. The van der Waals surface area contributed by atoms with Crippen LogP contribution in [-0.4, -0.2) is 90.2 Å². The zero-order chi connectivity index (χ0) is 4.50. The van der Waals surface area contributed by atoms with Crippen LogP contribution in [0.2, 0.25) is 0 Å². The van der Waals surface area contributed by atoms with E-state index in [1.165, 1.54) is 0 Å². The number of phosphoric acid groups is 1. The molecule has 7 heavy (non-hydrogen) atoms. The van der Waals surface area contributed by atoms with Gasteiger partial charge in [0.1, 0.15) is 0 Å². The third kappa shape index (κ3) is 54.9. The normalized spacial score (nSPS) is 8.43. The van der Waals surface area contributed by atoms with Gasteiger partial charge in [-0.3, -0.25) is 0 Å². The zero-order valence-electron chi connectivity index (χ0n) is 7.61. The van der Waals surface area contributed by atoms with Crippen LogP contribution in [0.1, 0.15) is 5.71 Å². The molecule has 0 spiro atoms. The summed E-state index contributed by atoms with van der Waals surface area (Å²) in [5.74, 6) is 0. The summed E-state index contributed by atoms with van der Waals surface area (Å²) in [5.41, 5.74) is 0. The molecule has 0 saturated heterocycles. The third-order valence-corrected chi connectivity index (χ3v) is 0. The zero-order valence-corrected chi connectivity index (χ0v) is 8.92. The fourth-order valence-corrected chi connectivity index (χ4v) is 0. The minimum Gasteiger partial charge on any atom is -1.00 e. The maximum atomic E-state index is 8.88. The van der Waals surface area contributed by atoms with Crippen molar-refractivity contribution in [2.24, 2.45) is 0 Å². The Kier molecular flexibility index (Phi) is 15.7. The van der Waals surface area contributed by atoms with E-state index >= 15 is 0 Å². The van der Waals surface area contributed by atoms with Gasteiger partial charge in [0.15, 0.2) is 0 Å². The summed E-state index contributed by atoms with van der Waals surface area (Å²) in [4.78, 5) is 21.6. The number of hydrogen-bond acceptors (Lipinski definition) is 1. The van der Waals surface area contributed by atoms with Gasteiger partial charge in [0.05, 0.1) is 0 Å². The van der Waals surface area contributed by atoms with Crippen LogP contribution in [0.15, 0.2) is 0 Å². The van der Waals surface area contributed by atoms with Gasteiger partial charge in [-0.1, -0.05) is 0 Å². The Labute approximate surface area is 106 Å². The molecular formula is H7Ca2O4P. The van der Waals surface area contributed by atoms with Gasteiger partial charge in [-0.05, 0) is 0 Å². The topological polar surface area (TPSA) is 77.8 Å². The van der Waals surface area contributed by atoms with E-state index in [1.54, 1.807) is 0 Å². The summed E-state index contributed by atoms with van der Waals surface area (Å²) in [6.45, 7) is 0. The van der Waals surface area contributed by atoms with E-state index in [9.17, 15) is 0 Å². The summed E-state index contributed by atoms with van der Waals surface area (Å²) < 4.78 is 8.88. The average molecular weight is 182 g/mol. The molecule has 0 aromatic heterocycles. The Balaban J connectivity index is -0.00000000533. The first-order chi connectivity index (χ1) is 2.00. The molecule has 0 aliphatic carbocycles. The minimum atomic E-state index is -4.64. The predicted octanol–water partition coefficient (Wildman–Crippen LogP) is -1.24. The molecule has 0 bridgehead atoms. The van der Waals surface area contributed by atoms with Gasteiger partial charge in [0.25, 0.3) is 0 Å². The Morgan fingerprint density at radius 1 is 1.14 bits per heavy atom. The van der Waals surface area contributed by atoms with Crippen molar-refractivity contribution in [2.45, 2.75) is 0 Å².